The predicted octanol–water partition coefficient (Wildman–Crippen LogP) is 1.36. The molecule has 24 heavy (non-hydrogen) atoms. The van der Waals surface area contributed by atoms with E-state index in [-0.39, 0.29) is 30.8 Å². The Labute approximate surface area is 156 Å². The zero-order valence-electron chi connectivity index (χ0n) is 13.8. The third-order valence-electron chi connectivity index (χ3n) is 3.97. The summed E-state index contributed by atoms with van der Waals surface area (Å²) in [4.78, 5) is 28.0. The molecule has 8 heteroatoms. The van der Waals surface area contributed by atoms with E-state index in [9.17, 15) is 9.59 Å². The molecule has 1 unspecified atom stereocenters. The summed E-state index contributed by atoms with van der Waals surface area (Å²) in [7, 11) is 1.60. The van der Waals surface area contributed by atoms with Crippen LogP contribution < -0.4 is 5.73 Å². The van der Waals surface area contributed by atoms with Crippen molar-refractivity contribution in [2.75, 3.05) is 39.9 Å². The maximum Gasteiger partial charge on any atom is 0.247 e. The van der Waals surface area contributed by atoms with E-state index >= 15 is 0 Å². The molecule has 0 spiro atoms. The van der Waals surface area contributed by atoms with Gasteiger partial charge in [-0.05, 0) is 24.6 Å². The molecule has 0 bridgehead atoms. The van der Waals surface area contributed by atoms with E-state index in [1.165, 1.54) is 4.90 Å². The lowest BCUT2D eigenvalue weighted by Gasteiger charge is -2.32. The molecule has 1 heterocycles. The largest absolute Gasteiger partial charge is 0.378 e. The number of hydrogen-bond donors (Lipinski definition) is 1. The molecule has 1 aliphatic heterocycles. The molecule has 6 nitrogen and oxygen atoms in total. The van der Waals surface area contributed by atoms with Crippen LogP contribution in [0.25, 0.3) is 0 Å². The van der Waals surface area contributed by atoms with E-state index in [4.69, 9.17) is 10.5 Å². The summed E-state index contributed by atoms with van der Waals surface area (Å²) in [5.74, 6) is -0.378. The number of amides is 2. The van der Waals surface area contributed by atoms with Gasteiger partial charge in [0.25, 0.3) is 0 Å². The number of ether oxygens (including phenoxy) is 1. The highest BCUT2D eigenvalue weighted by atomic mass is 79.9. The van der Waals surface area contributed by atoms with Crippen LogP contribution in [0.3, 0.4) is 0 Å². The van der Waals surface area contributed by atoms with Gasteiger partial charge in [0.05, 0.1) is 19.8 Å². The monoisotopic (exact) mass is 419 g/mol. The highest BCUT2D eigenvalue weighted by Gasteiger charge is 2.34. The number of likely N-dealkylation sites (N-methyl/N-ethyl adjacent to an activating group) is 1. The quantitative estimate of drug-likeness (QED) is 0.798. The fraction of sp³-hybridized carbons (Fsp3) is 0.500. The average molecular weight is 421 g/mol. The Morgan fingerprint density at radius 2 is 1.83 bits per heavy atom. The number of carbonyl (C=O) groups excluding carboxylic acids is 2. The maximum atomic E-state index is 12.7. The molecule has 1 aromatic rings. The van der Waals surface area contributed by atoms with E-state index in [1.54, 1.807) is 31.0 Å². The second kappa shape index (κ2) is 8.80. The topological polar surface area (TPSA) is 75.9 Å². The zero-order chi connectivity index (χ0) is 17.0. The highest BCUT2D eigenvalue weighted by Crippen LogP contribution is 2.22. The van der Waals surface area contributed by atoms with Gasteiger partial charge in [0.15, 0.2) is 0 Å². The summed E-state index contributed by atoms with van der Waals surface area (Å²) < 4.78 is 6.14. The summed E-state index contributed by atoms with van der Waals surface area (Å²) in [6.07, 6.45) is 0. The van der Waals surface area contributed by atoms with Crippen LogP contribution in [-0.2, 0) is 19.9 Å². The van der Waals surface area contributed by atoms with Crippen LogP contribution in [-0.4, -0.2) is 61.5 Å². The Bertz CT molecular complexity index is 574. The van der Waals surface area contributed by atoms with E-state index in [0.717, 1.165) is 4.47 Å². The summed E-state index contributed by atoms with van der Waals surface area (Å²) in [6, 6.07) is 7.29. The van der Waals surface area contributed by atoms with E-state index in [1.807, 2.05) is 12.1 Å². The number of rotatable bonds is 4. The van der Waals surface area contributed by atoms with Crippen molar-refractivity contribution in [3.8, 4) is 0 Å². The van der Waals surface area contributed by atoms with Gasteiger partial charge in [-0.1, -0.05) is 28.1 Å². The number of hydrogen-bond acceptors (Lipinski definition) is 4. The standard InChI is InChI=1S/C16H22BrN3O3.ClH/c1-16(18,12-3-5-13(17)6-4-12)15(22)19(2)11-14(21)20-7-9-23-10-8-20;/h3-6H,7-11,18H2,1-2H3;1H. The van der Waals surface area contributed by atoms with Crippen molar-refractivity contribution in [1.82, 2.24) is 9.80 Å². The minimum atomic E-state index is -1.18. The smallest absolute Gasteiger partial charge is 0.247 e. The second-order valence-corrected chi connectivity index (χ2v) is 6.78. The fourth-order valence-electron chi connectivity index (χ4n) is 2.50. The van der Waals surface area contributed by atoms with Gasteiger partial charge in [-0.2, -0.15) is 0 Å². The summed E-state index contributed by atoms with van der Waals surface area (Å²) in [6.45, 7) is 3.88. The van der Waals surface area contributed by atoms with E-state index in [0.29, 0.717) is 31.9 Å². The van der Waals surface area contributed by atoms with Crippen LogP contribution in [0.4, 0.5) is 0 Å². The van der Waals surface area contributed by atoms with E-state index < -0.39 is 5.54 Å². The van der Waals surface area contributed by atoms with Gasteiger partial charge in [0.1, 0.15) is 5.54 Å². The first kappa shape index (κ1) is 20.9. The molecule has 2 N–H and O–H groups in total. The number of carbonyl (C=O) groups is 2. The van der Waals surface area contributed by atoms with Crippen LogP contribution in [0.15, 0.2) is 28.7 Å². The number of nitrogens with zero attached hydrogens (tertiary/aromatic N) is 2. The first-order chi connectivity index (χ1) is 10.8. The lowest BCUT2D eigenvalue weighted by Crippen LogP contribution is -2.53. The van der Waals surface area contributed by atoms with Gasteiger partial charge in [0, 0.05) is 24.6 Å². The fourth-order valence-corrected chi connectivity index (χ4v) is 2.77. The molecule has 0 saturated carbocycles. The van der Waals surface area contributed by atoms with Crippen molar-refractivity contribution >= 4 is 40.2 Å². The van der Waals surface area contributed by atoms with Crippen molar-refractivity contribution in [3.63, 3.8) is 0 Å². The van der Waals surface area contributed by atoms with Crippen LogP contribution in [0.5, 0.6) is 0 Å². The third-order valence-corrected chi connectivity index (χ3v) is 4.50. The molecule has 134 valence electrons. The first-order valence-corrected chi connectivity index (χ1v) is 8.27. The predicted molar refractivity (Wildman–Crippen MR) is 98.0 cm³/mol. The minimum Gasteiger partial charge on any atom is -0.378 e. The van der Waals surface area contributed by atoms with Crippen molar-refractivity contribution in [2.45, 2.75) is 12.5 Å². The summed E-state index contributed by atoms with van der Waals surface area (Å²) in [5.41, 5.74) is 5.76. The molecule has 0 aliphatic carbocycles. The van der Waals surface area contributed by atoms with Crippen LogP contribution in [0, 0.1) is 0 Å². The minimum absolute atomic E-state index is 0. The molecule has 1 fully saturated rings. The number of nitrogens with two attached hydrogens (primary N) is 1. The van der Waals surface area contributed by atoms with E-state index in [2.05, 4.69) is 15.9 Å². The van der Waals surface area contributed by atoms with Gasteiger partial charge in [-0.25, -0.2) is 0 Å². The molecule has 2 amide bonds. The van der Waals surface area contributed by atoms with Crippen LogP contribution in [0.1, 0.15) is 12.5 Å². The zero-order valence-corrected chi connectivity index (χ0v) is 16.2. The van der Waals surface area contributed by atoms with Crippen LogP contribution >= 0.6 is 28.3 Å². The normalized spacial score (nSPS) is 16.8. The first-order valence-electron chi connectivity index (χ1n) is 7.48. The summed E-state index contributed by atoms with van der Waals surface area (Å²) in [5, 5.41) is 0. The van der Waals surface area contributed by atoms with Gasteiger partial charge in [-0.15, -0.1) is 12.4 Å². The van der Waals surface area contributed by atoms with Gasteiger partial charge in [0.2, 0.25) is 11.8 Å². The van der Waals surface area contributed by atoms with Crippen LogP contribution in [0.2, 0.25) is 0 Å². The maximum absolute atomic E-state index is 12.7. The highest BCUT2D eigenvalue weighted by molar-refractivity contribution is 9.10. The molecule has 0 aromatic heterocycles. The molecule has 1 saturated heterocycles. The number of halogens is 2. The van der Waals surface area contributed by atoms with Crippen molar-refractivity contribution < 1.29 is 14.3 Å². The molecule has 1 atom stereocenters. The Balaban J connectivity index is 0.00000288. The third kappa shape index (κ3) is 4.92. The lowest BCUT2D eigenvalue weighted by atomic mass is 9.92. The second-order valence-electron chi connectivity index (χ2n) is 5.86. The molecular weight excluding hydrogens is 398 g/mol. The SMILES string of the molecule is CN(CC(=O)N1CCOCC1)C(=O)C(C)(N)c1ccc(Br)cc1.Cl. The van der Waals surface area contributed by atoms with Crippen molar-refractivity contribution in [1.29, 1.82) is 0 Å². The Morgan fingerprint density at radius 1 is 1.29 bits per heavy atom. The molecule has 1 aliphatic rings. The Morgan fingerprint density at radius 3 is 2.38 bits per heavy atom. The molecule has 1 aromatic carbocycles. The van der Waals surface area contributed by atoms with Gasteiger partial charge in [-0.3, -0.25) is 9.59 Å². The molecular formula is C16H23BrClN3O3. The average Bonchev–Trinajstić information content (AvgIpc) is 2.55. The van der Waals surface area contributed by atoms with Crippen molar-refractivity contribution in [3.05, 3.63) is 34.3 Å². The van der Waals surface area contributed by atoms with Crippen molar-refractivity contribution in [2.24, 2.45) is 5.73 Å². The van der Waals surface area contributed by atoms with Gasteiger partial charge >= 0.3 is 0 Å². The number of benzene rings is 1. The van der Waals surface area contributed by atoms with Gasteiger partial charge < -0.3 is 20.3 Å². The molecule has 0 radical (unpaired) electrons. The summed E-state index contributed by atoms with van der Waals surface area (Å²) >= 11 is 3.36. The lowest BCUT2D eigenvalue weighted by molar-refractivity contribution is -0.144. The number of morpholine rings is 1. The Kier molecular flexibility index (Phi) is 7.66. The molecule has 2 rings (SSSR count). The Hall–Kier alpha value is -1.15.